The van der Waals surface area contributed by atoms with Gasteiger partial charge in [-0.05, 0) is 62.4 Å². The van der Waals surface area contributed by atoms with E-state index in [2.05, 4.69) is 10.1 Å². The minimum Gasteiger partial charge on any atom is -0.462 e. The molecule has 33 heavy (non-hydrogen) atoms. The van der Waals surface area contributed by atoms with Gasteiger partial charge in [-0.1, -0.05) is 0 Å². The molecular formula is C24H17FN4O4. The number of amides is 2. The van der Waals surface area contributed by atoms with Gasteiger partial charge in [0, 0.05) is 6.20 Å². The maximum atomic E-state index is 13.4. The first-order valence-corrected chi connectivity index (χ1v) is 10.2. The van der Waals surface area contributed by atoms with Crippen LogP contribution >= 0.6 is 0 Å². The minimum atomic E-state index is -0.512. The van der Waals surface area contributed by atoms with Gasteiger partial charge in [0.25, 0.3) is 11.8 Å². The lowest BCUT2D eigenvalue weighted by atomic mass is 10.1. The predicted molar refractivity (Wildman–Crippen MR) is 117 cm³/mol. The Labute approximate surface area is 187 Å². The van der Waals surface area contributed by atoms with Crippen LogP contribution in [0.5, 0.6) is 0 Å². The molecule has 8 nitrogen and oxygen atoms in total. The van der Waals surface area contributed by atoms with Crippen molar-refractivity contribution in [3.05, 3.63) is 82.9 Å². The average molecular weight is 444 g/mol. The molecule has 164 valence electrons. The van der Waals surface area contributed by atoms with Crippen LogP contribution in [0.1, 0.15) is 43.7 Å². The monoisotopic (exact) mass is 444 g/mol. The second kappa shape index (κ2) is 7.63. The molecule has 9 heteroatoms. The summed E-state index contributed by atoms with van der Waals surface area (Å²) < 4.78 is 19.8. The van der Waals surface area contributed by atoms with Crippen molar-refractivity contribution in [3.63, 3.8) is 0 Å². The number of anilines is 1. The molecule has 0 saturated heterocycles. The molecule has 2 aromatic carbocycles. The Hall–Kier alpha value is -4.40. The zero-order valence-electron chi connectivity index (χ0n) is 17.7. The van der Waals surface area contributed by atoms with E-state index in [1.54, 1.807) is 26.0 Å². The number of hydrogen-bond donors (Lipinski definition) is 0. The largest absolute Gasteiger partial charge is 0.462 e. The summed E-state index contributed by atoms with van der Waals surface area (Å²) >= 11 is 0. The number of aromatic nitrogens is 3. The molecule has 0 radical (unpaired) electrons. The van der Waals surface area contributed by atoms with Gasteiger partial charge in [0.1, 0.15) is 5.82 Å². The average Bonchev–Trinajstić information content (AvgIpc) is 3.28. The Bertz CT molecular complexity index is 1440. The van der Waals surface area contributed by atoms with Crippen LogP contribution in [0.2, 0.25) is 0 Å². The van der Waals surface area contributed by atoms with E-state index in [4.69, 9.17) is 4.74 Å². The molecule has 0 unspecified atom stereocenters. The summed E-state index contributed by atoms with van der Waals surface area (Å²) in [6, 6.07) is 11.8. The van der Waals surface area contributed by atoms with Gasteiger partial charge >= 0.3 is 5.97 Å². The summed E-state index contributed by atoms with van der Waals surface area (Å²) in [6.07, 6.45) is 1.35. The van der Waals surface area contributed by atoms with Crippen molar-refractivity contribution in [3.8, 4) is 5.69 Å². The van der Waals surface area contributed by atoms with Crippen LogP contribution < -0.4 is 4.90 Å². The number of benzene rings is 2. The van der Waals surface area contributed by atoms with E-state index < -0.39 is 17.8 Å². The molecule has 0 fully saturated rings. The normalized spacial score (nSPS) is 13.0. The SMILES string of the molecule is CCOC(=O)c1ccc(N2C(=O)c3cnc4c(c(C)nn4-c4ccc(F)cc4)c3C2=O)cc1. The minimum absolute atomic E-state index is 0.170. The van der Waals surface area contributed by atoms with Crippen LogP contribution in [0.25, 0.3) is 16.7 Å². The summed E-state index contributed by atoms with van der Waals surface area (Å²) in [4.78, 5) is 43.8. The molecule has 3 heterocycles. The Kier molecular flexibility index (Phi) is 4.74. The van der Waals surface area contributed by atoms with Crippen molar-refractivity contribution in [2.45, 2.75) is 13.8 Å². The highest BCUT2D eigenvalue weighted by molar-refractivity contribution is 6.37. The number of carbonyl (C=O) groups is 3. The number of halogens is 1. The lowest BCUT2D eigenvalue weighted by molar-refractivity contribution is 0.0526. The number of rotatable bonds is 4. The highest BCUT2D eigenvalue weighted by atomic mass is 19.1. The summed E-state index contributed by atoms with van der Waals surface area (Å²) in [5.41, 5.74) is 2.50. The second-order valence-electron chi connectivity index (χ2n) is 7.43. The van der Waals surface area contributed by atoms with Crippen molar-refractivity contribution in [2.75, 3.05) is 11.5 Å². The highest BCUT2D eigenvalue weighted by Gasteiger charge is 2.40. The first kappa shape index (κ1) is 20.5. The number of fused-ring (bicyclic) bond motifs is 3. The number of esters is 1. The molecule has 2 aromatic heterocycles. The number of nitrogens with zero attached hydrogens (tertiary/aromatic N) is 4. The van der Waals surface area contributed by atoms with Gasteiger partial charge in [0.05, 0.1) is 45.8 Å². The van der Waals surface area contributed by atoms with Gasteiger partial charge in [-0.3, -0.25) is 9.59 Å². The lowest BCUT2D eigenvalue weighted by Gasteiger charge is -2.14. The number of imide groups is 1. The van der Waals surface area contributed by atoms with Gasteiger partial charge in [-0.15, -0.1) is 0 Å². The molecule has 4 aromatic rings. The Morgan fingerprint density at radius 2 is 1.67 bits per heavy atom. The van der Waals surface area contributed by atoms with E-state index in [0.717, 1.165) is 4.90 Å². The fourth-order valence-electron chi connectivity index (χ4n) is 3.92. The van der Waals surface area contributed by atoms with Crippen LogP contribution in [0, 0.1) is 12.7 Å². The van der Waals surface area contributed by atoms with Gasteiger partial charge in [-0.2, -0.15) is 5.10 Å². The Balaban J connectivity index is 1.58. The summed E-state index contributed by atoms with van der Waals surface area (Å²) in [5.74, 6) is -1.89. The molecule has 0 spiro atoms. The molecule has 0 aliphatic carbocycles. The fourth-order valence-corrected chi connectivity index (χ4v) is 3.92. The van der Waals surface area contributed by atoms with E-state index in [0.29, 0.717) is 33.7 Å². The molecule has 1 aliphatic heterocycles. The number of carbonyl (C=O) groups excluding carboxylic acids is 3. The third kappa shape index (κ3) is 3.16. The number of aryl methyl sites for hydroxylation is 1. The van der Waals surface area contributed by atoms with Gasteiger partial charge in [0.15, 0.2) is 5.65 Å². The van der Waals surface area contributed by atoms with Crippen molar-refractivity contribution in [1.82, 2.24) is 14.8 Å². The smallest absolute Gasteiger partial charge is 0.338 e. The maximum absolute atomic E-state index is 13.4. The van der Waals surface area contributed by atoms with Crippen LogP contribution in [-0.4, -0.2) is 39.2 Å². The first-order chi connectivity index (χ1) is 15.9. The first-order valence-electron chi connectivity index (χ1n) is 10.2. The Morgan fingerprint density at radius 3 is 2.33 bits per heavy atom. The lowest BCUT2D eigenvalue weighted by Crippen LogP contribution is -2.29. The third-order valence-electron chi connectivity index (χ3n) is 5.43. The molecule has 0 saturated carbocycles. The predicted octanol–water partition coefficient (Wildman–Crippen LogP) is 3.85. The van der Waals surface area contributed by atoms with Gasteiger partial charge < -0.3 is 4.74 Å². The second-order valence-corrected chi connectivity index (χ2v) is 7.43. The molecule has 0 atom stereocenters. The third-order valence-corrected chi connectivity index (χ3v) is 5.43. The highest BCUT2D eigenvalue weighted by Crippen LogP contribution is 2.34. The van der Waals surface area contributed by atoms with Gasteiger partial charge in [0.2, 0.25) is 0 Å². The van der Waals surface area contributed by atoms with E-state index in [1.807, 2.05) is 0 Å². The van der Waals surface area contributed by atoms with Crippen molar-refractivity contribution < 1.29 is 23.5 Å². The van der Waals surface area contributed by atoms with Crippen LogP contribution in [-0.2, 0) is 4.74 Å². The van der Waals surface area contributed by atoms with E-state index >= 15 is 0 Å². The van der Waals surface area contributed by atoms with Crippen molar-refractivity contribution >= 4 is 34.5 Å². The molecule has 2 amide bonds. The van der Waals surface area contributed by atoms with Crippen LogP contribution in [0.3, 0.4) is 0 Å². The topological polar surface area (TPSA) is 94.4 Å². The molecule has 0 bridgehead atoms. The molecular weight excluding hydrogens is 427 g/mol. The maximum Gasteiger partial charge on any atom is 0.338 e. The quantitative estimate of drug-likeness (QED) is 0.351. The molecule has 0 N–H and O–H groups in total. The zero-order valence-corrected chi connectivity index (χ0v) is 17.7. The summed E-state index contributed by atoms with van der Waals surface area (Å²) in [7, 11) is 0. The summed E-state index contributed by atoms with van der Waals surface area (Å²) in [5, 5.41) is 4.93. The van der Waals surface area contributed by atoms with Gasteiger partial charge in [-0.25, -0.2) is 23.8 Å². The molecule has 1 aliphatic rings. The van der Waals surface area contributed by atoms with Crippen LogP contribution in [0.15, 0.2) is 54.7 Å². The van der Waals surface area contributed by atoms with Crippen molar-refractivity contribution in [2.24, 2.45) is 0 Å². The fraction of sp³-hybridized carbons (Fsp3) is 0.125. The van der Waals surface area contributed by atoms with Crippen LogP contribution in [0.4, 0.5) is 10.1 Å². The summed E-state index contributed by atoms with van der Waals surface area (Å²) in [6.45, 7) is 3.67. The van der Waals surface area contributed by atoms with E-state index in [9.17, 15) is 18.8 Å². The van der Waals surface area contributed by atoms with Crippen molar-refractivity contribution in [1.29, 1.82) is 0 Å². The zero-order chi connectivity index (χ0) is 23.3. The number of hydrogen-bond acceptors (Lipinski definition) is 6. The molecule has 5 rings (SSSR count). The number of ether oxygens (including phenoxy) is 1. The van der Waals surface area contributed by atoms with E-state index in [-0.39, 0.29) is 23.6 Å². The number of pyridine rings is 1. The standard InChI is InChI=1S/C24H17FN4O4/c1-3-33-24(32)14-4-8-16(9-5-14)28-22(30)18-12-26-21-19(20(18)23(28)31)13(2)27-29(21)17-10-6-15(25)7-11-17/h4-12H,3H2,1-2H3. The van der Waals surface area contributed by atoms with E-state index in [1.165, 1.54) is 47.3 Å². The Morgan fingerprint density at radius 1 is 1.00 bits per heavy atom.